The number of oxime groups is 1. The molecule has 3 rings (SSSR count). The first-order chi connectivity index (χ1) is 8.24. The number of hydrogen-bond donors (Lipinski definition) is 1. The maximum absolute atomic E-state index is 11.4. The van der Waals surface area contributed by atoms with Crippen LogP contribution in [0, 0.1) is 5.92 Å². The maximum Gasteiger partial charge on any atom is 0.346 e. The fourth-order valence-corrected chi connectivity index (χ4v) is 1.84. The number of nitrogens with zero attached hydrogens (tertiary/aromatic N) is 1. The first kappa shape index (κ1) is 9.95. The van der Waals surface area contributed by atoms with Crippen LogP contribution in [0.1, 0.15) is 5.56 Å². The number of fused-ring (bicyclic) bond motifs is 1. The quantitative estimate of drug-likeness (QED) is 0.749. The summed E-state index contributed by atoms with van der Waals surface area (Å²) in [6.07, 6.45) is 0.449. The van der Waals surface area contributed by atoms with Gasteiger partial charge in [-0.1, -0.05) is 11.2 Å². The Morgan fingerprint density at radius 1 is 1.35 bits per heavy atom. The predicted molar refractivity (Wildman–Crippen MR) is 57.5 cm³/mol. The van der Waals surface area contributed by atoms with E-state index in [-0.39, 0.29) is 12.6 Å². The molecule has 2 aliphatic heterocycles. The Bertz CT molecular complexity index is 512. The van der Waals surface area contributed by atoms with Gasteiger partial charge in [-0.3, -0.25) is 0 Å². The van der Waals surface area contributed by atoms with Crippen molar-refractivity contribution in [3.05, 3.63) is 23.8 Å². The van der Waals surface area contributed by atoms with Crippen molar-refractivity contribution in [3.63, 3.8) is 0 Å². The van der Waals surface area contributed by atoms with E-state index in [2.05, 4.69) is 9.99 Å². The Balaban J connectivity index is 1.82. The zero-order valence-corrected chi connectivity index (χ0v) is 8.88. The summed E-state index contributed by atoms with van der Waals surface area (Å²) in [5.74, 6) is 0.692. The molecule has 0 radical (unpaired) electrons. The Morgan fingerprint density at radius 3 is 2.94 bits per heavy atom. The standard InChI is InChI=1S/C11H10N2O4/c12-10-7(11(14)17-13-10)3-6-1-2-8-9(4-6)16-5-15-8/h1-2,4,7H,3,5H2,(H2,12,13). The molecule has 1 aromatic rings. The predicted octanol–water partition coefficient (Wildman–Crippen LogP) is 0.403. The SMILES string of the molecule is NC1=NOC(=O)C1Cc1ccc2c(c1)OCO2. The Kier molecular flexibility index (Phi) is 2.14. The number of nitrogens with two attached hydrogens (primary N) is 1. The average Bonchev–Trinajstić information content (AvgIpc) is 2.90. The molecule has 6 heteroatoms. The van der Waals surface area contributed by atoms with Crippen LogP contribution in [0.15, 0.2) is 23.4 Å². The molecule has 0 saturated carbocycles. The first-order valence-corrected chi connectivity index (χ1v) is 5.17. The topological polar surface area (TPSA) is 83.1 Å². The molecular weight excluding hydrogens is 224 g/mol. The van der Waals surface area contributed by atoms with Crippen LogP contribution in [0.4, 0.5) is 0 Å². The molecule has 2 heterocycles. The summed E-state index contributed by atoms with van der Waals surface area (Å²) >= 11 is 0. The number of hydrogen-bond acceptors (Lipinski definition) is 6. The van der Waals surface area contributed by atoms with Crippen LogP contribution in [0.25, 0.3) is 0 Å². The highest BCUT2D eigenvalue weighted by Crippen LogP contribution is 2.33. The minimum Gasteiger partial charge on any atom is -0.454 e. The summed E-state index contributed by atoms with van der Waals surface area (Å²) in [5, 5.41) is 3.46. The summed E-state index contributed by atoms with van der Waals surface area (Å²) in [6.45, 7) is 0.230. The van der Waals surface area contributed by atoms with Gasteiger partial charge in [0.2, 0.25) is 6.79 Å². The third-order valence-electron chi connectivity index (χ3n) is 2.76. The molecule has 88 valence electrons. The van der Waals surface area contributed by atoms with Crippen molar-refractivity contribution in [3.8, 4) is 11.5 Å². The third kappa shape index (κ3) is 1.67. The van der Waals surface area contributed by atoms with E-state index in [1.54, 1.807) is 0 Å². The van der Waals surface area contributed by atoms with Gasteiger partial charge >= 0.3 is 5.97 Å². The summed E-state index contributed by atoms with van der Waals surface area (Å²) in [4.78, 5) is 15.9. The van der Waals surface area contributed by atoms with E-state index in [1.165, 1.54) is 0 Å². The van der Waals surface area contributed by atoms with Crippen LogP contribution in [0.3, 0.4) is 0 Å². The van der Waals surface area contributed by atoms with Gasteiger partial charge in [-0.05, 0) is 24.1 Å². The number of ether oxygens (including phenoxy) is 2. The molecule has 6 nitrogen and oxygen atoms in total. The second kappa shape index (κ2) is 3.65. The zero-order valence-electron chi connectivity index (χ0n) is 8.88. The molecular formula is C11H10N2O4. The summed E-state index contributed by atoms with van der Waals surface area (Å²) in [7, 11) is 0. The molecule has 0 fully saturated rings. The van der Waals surface area contributed by atoms with E-state index >= 15 is 0 Å². The Hall–Kier alpha value is -2.24. The van der Waals surface area contributed by atoms with Crippen molar-refractivity contribution in [2.24, 2.45) is 16.8 Å². The molecule has 1 unspecified atom stereocenters. The van der Waals surface area contributed by atoms with E-state index in [1.807, 2.05) is 18.2 Å². The number of carbonyl (C=O) groups excluding carboxylic acids is 1. The van der Waals surface area contributed by atoms with E-state index < -0.39 is 11.9 Å². The van der Waals surface area contributed by atoms with Crippen LogP contribution < -0.4 is 15.2 Å². The average molecular weight is 234 g/mol. The fourth-order valence-electron chi connectivity index (χ4n) is 1.84. The molecule has 2 N–H and O–H groups in total. The van der Waals surface area contributed by atoms with Crippen LogP contribution >= 0.6 is 0 Å². The van der Waals surface area contributed by atoms with Crippen molar-refractivity contribution in [1.82, 2.24) is 0 Å². The van der Waals surface area contributed by atoms with Crippen LogP contribution in [-0.4, -0.2) is 18.6 Å². The first-order valence-electron chi connectivity index (χ1n) is 5.17. The van der Waals surface area contributed by atoms with Crippen molar-refractivity contribution in [1.29, 1.82) is 0 Å². The lowest BCUT2D eigenvalue weighted by atomic mass is 9.98. The molecule has 0 saturated heterocycles. The lowest BCUT2D eigenvalue weighted by Crippen LogP contribution is -2.26. The molecule has 0 bridgehead atoms. The second-order valence-corrected chi connectivity index (χ2v) is 3.87. The largest absolute Gasteiger partial charge is 0.454 e. The van der Waals surface area contributed by atoms with Crippen LogP contribution in [0.2, 0.25) is 0 Å². The minimum absolute atomic E-state index is 0.215. The lowest BCUT2D eigenvalue weighted by molar-refractivity contribution is -0.143. The van der Waals surface area contributed by atoms with Gasteiger partial charge in [-0.2, -0.15) is 0 Å². The highest BCUT2D eigenvalue weighted by molar-refractivity contribution is 6.03. The van der Waals surface area contributed by atoms with E-state index in [4.69, 9.17) is 15.2 Å². The van der Waals surface area contributed by atoms with Gasteiger partial charge in [0.25, 0.3) is 0 Å². The lowest BCUT2D eigenvalue weighted by Gasteiger charge is -2.06. The Labute approximate surface area is 96.9 Å². The molecule has 17 heavy (non-hydrogen) atoms. The third-order valence-corrected chi connectivity index (χ3v) is 2.76. The minimum atomic E-state index is -0.504. The molecule has 0 aromatic heterocycles. The van der Waals surface area contributed by atoms with E-state index in [0.717, 1.165) is 5.56 Å². The van der Waals surface area contributed by atoms with Gasteiger partial charge in [0, 0.05) is 0 Å². The normalized spacial score (nSPS) is 21.3. The summed E-state index contributed by atoms with van der Waals surface area (Å²) in [5.41, 5.74) is 6.51. The second-order valence-electron chi connectivity index (χ2n) is 3.87. The molecule has 1 aromatic carbocycles. The number of rotatable bonds is 2. The smallest absolute Gasteiger partial charge is 0.346 e. The van der Waals surface area contributed by atoms with Gasteiger partial charge in [0.1, 0.15) is 5.92 Å². The van der Waals surface area contributed by atoms with E-state index in [0.29, 0.717) is 17.9 Å². The van der Waals surface area contributed by atoms with Crippen molar-refractivity contribution in [2.75, 3.05) is 6.79 Å². The van der Waals surface area contributed by atoms with Crippen LogP contribution in [0.5, 0.6) is 11.5 Å². The summed E-state index contributed by atoms with van der Waals surface area (Å²) in [6, 6.07) is 5.51. The van der Waals surface area contributed by atoms with Gasteiger partial charge in [0.15, 0.2) is 17.3 Å². The van der Waals surface area contributed by atoms with Gasteiger partial charge in [-0.25, -0.2) is 4.79 Å². The summed E-state index contributed by atoms with van der Waals surface area (Å²) < 4.78 is 10.5. The van der Waals surface area contributed by atoms with Crippen molar-refractivity contribution >= 4 is 11.8 Å². The fraction of sp³-hybridized carbons (Fsp3) is 0.273. The van der Waals surface area contributed by atoms with Gasteiger partial charge < -0.3 is 20.0 Å². The monoisotopic (exact) mass is 234 g/mol. The van der Waals surface area contributed by atoms with Crippen LogP contribution in [-0.2, 0) is 16.1 Å². The van der Waals surface area contributed by atoms with Crippen molar-refractivity contribution in [2.45, 2.75) is 6.42 Å². The number of carbonyl (C=O) groups is 1. The van der Waals surface area contributed by atoms with E-state index in [9.17, 15) is 4.79 Å². The Morgan fingerprint density at radius 2 is 2.18 bits per heavy atom. The number of benzene rings is 1. The van der Waals surface area contributed by atoms with Gasteiger partial charge in [0.05, 0.1) is 0 Å². The molecule has 0 aliphatic carbocycles. The highest BCUT2D eigenvalue weighted by atomic mass is 16.7. The molecule has 0 spiro atoms. The molecule has 0 amide bonds. The number of amidine groups is 1. The molecule has 1 atom stereocenters. The molecule has 2 aliphatic rings. The highest BCUT2D eigenvalue weighted by Gasteiger charge is 2.31. The zero-order chi connectivity index (χ0) is 11.8. The maximum atomic E-state index is 11.4. The van der Waals surface area contributed by atoms with Crippen molar-refractivity contribution < 1.29 is 19.1 Å². The van der Waals surface area contributed by atoms with Gasteiger partial charge in [-0.15, -0.1) is 0 Å².